The maximum Gasteiger partial charge on any atom is 0.120 e. The molecule has 3 aromatic rings. The van der Waals surface area contributed by atoms with Crippen molar-refractivity contribution in [2.75, 3.05) is 6.61 Å². The standard InChI is InChI=1S/C21H24N2O3/c1-16-12-17(2)23(22-16)13-19(24)15-26-21-10-8-20(9-11-21)25-14-18-6-4-3-5-7-18/h3-12,19,24H,13-15H2,1-2H3/t19-/m0/s1. The highest BCUT2D eigenvalue weighted by Crippen LogP contribution is 2.19. The third-order valence-corrected chi connectivity index (χ3v) is 4.00. The van der Waals surface area contributed by atoms with Crippen molar-refractivity contribution >= 4 is 0 Å². The number of hydrogen-bond acceptors (Lipinski definition) is 4. The molecule has 1 aromatic heterocycles. The summed E-state index contributed by atoms with van der Waals surface area (Å²) in [5.41, 5.74) is 3.10. The molecule has 2 aromatic carbocycles. The van der Waals surface area contributed by atoms with Crippen LogP contribution in [0.4, 0.5) is 0 Å². The van der Waals surface area contributed by atoms with Crippen molar-refractivity contribution in [3.05, 3.63) is 77.6 Å². The Morgan fingerprint density at radius 2 is 1.62 bits per heavy atom. The Bertz CT molecular complexity index is 813. The fourth-order valence-corrected chi connectivity index (χ4v) is 2.68. The molecule has 0 aliphatic carbocycles. The second-order valence-electron chi connectivity index (χ2n) is 6.32. The summed E-state index contributed by atoms with van der Waals surface area (Å²) in [4.78, 5) is 0. The van der Waals surface area contributed by atoms with Crippen LogP contribution in [0.1, 0.15) is 17.0 Å². The summed E-state index contributed by atoms with van der Waals surface area (Å²) in [6, 6.07) is 19.4. The van der Waals surface area contributed by atoms with E-state index >= 15 is 0 Å². The third-order valence-electron chi connectivity index (χ3n) is 4.00. The van der Waals surface area contributed by atoms with Crippen molar-refractivity contribution in [3.63, 3.8) is 0 Å². The van der Waals surface area contributed by atoms with Crippen LogP contribution in [-0.4, -0.2) is 27.6 Å². The van der Waals surface area contributed by atoms with Crippen LogP contribution < -0.4 is 9.47 Å². The first-order chi connectivity index (χ1) is 12.6. The van der Waals surface area contributed by atoms with E-state index in [2.05, 4.69) is 5.10 Å². The Hall–Kier alpha value is -2.79. The zero-order valence-corrected chi connectivity index (χ0v) is 15.1. The van der Waals surface area contributed by atoms with Crippen molar-refractivity contribution in [2.45, 2.75) is 33.1 Å². The van der Waals surface area contributed by atoms with Gasteiger partial charge >= 0.3 is 0 Å². The molecule has 0 bridgehead atoms. The molecule has 0 saturated carbocycles. The average Bonchev–Trinajstić information content (AvgIpc) is 2.97. The summed E-state index contributed by atoms with van der Waals surface area (Å²) in [6.45, 7) is 5.07. The Labute approximate surface area is 153 Å². The minimum Gasteiger partial charge on any atom is -0.491 e. The number of aromatic nitrogens is 2. The molecule has 0 unspecified atom stereocenters. The molecule has 0 fully saturated rings. The van der Waals surface area contributed by atoms with Crippen LogP contribution >= 0.6 is 0 Å². The van der Waals surface area contributed by atoms with Crippen LogP contribution in [0.25, 0.3) is 0 Å². The minimum absolute atomic E-state index is 0.211. The highest BCUT2D eigenvalue weighted by molar-refractivity contribution is 5.31. The molecule has 26 heavy (non-hydrogen) atoms. The normalized spacial score (nSPS) is 12.0. The lowest BCUT2D eigenvalue weighted by Crippen LogP contribution is -2.24. The Balaban J connectivity index is 1.45. The zero-order chi connectivity index (χ0) is 18.4. The van der Waals surface area contributed by atoms with E-state index < -0.39 is 6.10 Å². The molecule has 0 radical (unpaired) electrons. The van der Waals surface area contributed by atoms with E-state index in [0.29, 0.717) is 18.9 Å². The first kappa shape index (κ1) is 18.0. The second-order valence-corrected chi connectivity index (χ2v) is 6.32. The number of aryl methyl sites for hydroxylation is 2. The fraction of sp³-hybridized carbons (Fsp3) is 0.286. The van der Waals surface area contributed by atoms with Gasteiger partial charge in [-0.15, -0.1) is 0 Å². The predicted molar refractivity (Wildman–Crippen MR) is 100 cm³/mol. The number of benzene rings is 2. The van der Waals surface area contributed by atoms with Gasteiger partial charge in [0.25, 0.3) is 0 Å². The Kier molecular flexibility index (Phi) is 5.92. The van der Waals surface area contributed by atoms with Crippen molar-refractivity contribution < 1.29 is 14.6 Å². The molecule has 0 saturated heterocycles. The molecule has 0 aliphatic rings. The van der Waals surface area contributed by atoms with Crippen LogP contribution in [0, 0.1) is 13.8 Å². The molecule has 1 heterocycles. The second kappa shape index (κ2) is 8.54. The van der Waals surface area contributed by atoms with Crippen LogP contribution in [0.15, 0.2) is 60.7 Å². The van der Waals surface area contributed by atoms with Gasteiger partial charge in [-0.25, -0.2) is 0 Å². The predicted octanol–water partition coefficient (Wildman–Crippen LogP) is 3.52. The number of hydrogen-bond donors (Lipinski definition) is 1. The van der Waals surface area contributed by atoms with E-state index in [1.807, 2.05) is 74.5 Å². The van der Waals surface area contributed by atoms with Gasteiger partial charge in [0.05, 0.1) is 12.2 Å². The van der Waals surface area contributed by atoms with Gasteiger partial charge in [-0.1, -0.05) is 30.3 Å². The van der Waals surface area contributed by atoms with Crippen LogP contribution in [0.5, 0.6) is 11.5 Å². The van der Waals surface area contributed by atoms with Crippen molar-refractivity contribution in [1.29, 1.82) is 0 Å². The topological polar surface area (TPSA) is 56.5 Å². The van der Waals surface area contributed by atoms with Gasteiger partial charge in [0.2, 0.25) is 0 Å². The van der Waals surface area contributed by atoms with Crippen molar-refractivity contribution in [3.8, 4) is 11.5 Å². The lowest BCUT2D eigenvalue weighted by atomic mass is 10.2. The molecule has 0 aliphatic heterocycles. The summed E-state index contributed by atoms with van der Waals surface area (Å²) in [5, 5.41) is 14.5. The quantitative estimate of drug-likeness (QED) is 0.674. The molecule has 0 amide bonds. The van der Waals surface area contributed by atoms with Gasteiger partial charge in [-0.3, -0.25) is 4.68 Å². The molecule has 5 nitrogen and oxygen atoms in total. The highest BCUT2D eigenvalue weighted by Gasteiger charge is 2.09. The van der Waals surface area contributed by atoms with Gasteiger partial charge in [-0.05, 0) is 49.7 Å². The zero-order valence-electron chi connectivity index (χ0n) is 15.1. The molecular weight excluding hydrogens is 328 g/mol. The number of ether oxygens (including phenoxy) is 2. The first-order valence-electron chi connectivity index (χ1n) is 8.69. The monoisotopic (exact) mass is 352 g/mol. The lowest BCUT2D eigenvalue weighted by molar-refractivity contribution is 0.0887. The van der Waals surface area contributed by atoms with E-state index in [4.69, 9.17) is 9.47 Å². The van der Waals surface area contributed by atoms with Gasteiger partial charge in [-0.2, -0.15) is 5.10 Å². The summed E-state index contributed by atoms with van der Waals surface area (Å²) in [6.07, 6.45) is -0.623. The minimum atomic E-state index is -0.623. The highest BCUT2D eigenvalue weighted by atomic mass is 16.5. The van der Waals surface area contributed by atoms with E-state index in [-0.39, 0.29) is 6.61 Å². The van der Waals surface area contributed by atoms with Crippen LogP contribution in [0.3, 0.4) is 0 Å². The summed E-state index contributed by atoms with van der Waals surface area (Å²) in [7, 11) is 0. The smallest absolute Gasteiger partial charge is 0.120 e. The maximum atomic E-state index is 10.2. The summed E-state index contributed by atoms with van der Waals surface area (Å²) < 4.78 is 13.2. The molecule has 1 N–H and O–H groups in total. The van der Waals surface area contributed by atoms with Crippen LogP contribution in [0.2, 0.25) is 0 Å². The summed E-state index contributed by atoms with van der Waals surface area (Å²) >= 11 is 0. The first-order valence-corrected chi connectivity index (χ1v) is 8.69. The molecular formula is C21H24N2O3. The molecule has 1 atom stereocenters. The molecule has 0 spiro atoms. The number of nitrogens with zero attached hydrogens (tertiary/aromatic N) is 2. The van der Waals surface area contributed by atoms with Crippen molar-refractivity contribution in [1.82, 2.24) is 9.78 Å². The van der Waals surface area contributed by atoms with Gasteiger partial charge < -0.3 is 14.6 Å². The third kappa shape index (κ3) is 5.10. The Morgan fingerprint density at radius 1 is 0.962 bits per heavy atom. The molecule has 3 rings (SSSR count). The van der Waals surface area contributed by atoms with Gasteiger partial charge in [0, 0.05) is 5.69 Å². The number of rotatable bonds is 8. The maximum absolute atomic E-state index is 10.2. The molecule has 136 valence electrons. The number of aliphatic hydroxyl groups is 1. The van der Waals surface area contributed by atoms with E-state index in [1.54, 1.807) is 4.68 Å². The van der Waals surface area contributed by atoms with E-state index in [0.717, 1.165) is 22.7 Å². The SMILES string of the molecule is Cc1cc(C)n(C[C@H](O)COc2ccc(OCc3ccccc3)cc2)n1. The molecule has 5 heteroatoms. The van der Waals surface area contributed by atoms with Gasteiger partial charge in [0.1, 0.15) is 30.8 Å². The fourth-order valence-electron chi connectivity index (χ4n) is 2.68. The Morgan fingerprint density at radius 3 is 2.23 bits per heavy atom. The number of aliphatic hydroxyl groups excluding tert-OH is 1. The van der Waals surface area contributed by atoms with E-state index in [1.165, 1.54) is 0 Å². The lowest BCUT2D eigenvalue weighted by Gasteiger charge is -2.14. The average molecular weight is 352 g/mol. The van der Waals surface area contributed by atoms with Crippen molar-refractivity contribution in [2.24, 2.45) is 0 Å². The summed E-state index contributed by atoms with van der Waals surface area (Å²) in [5.74, 6) is 1.48. The van der Waals surface area contributed by atoms with E-state index in [9.17, 15) is 5.11 Å². The van der Waals surface area contributed by atoms with Crippen LogP contribution in [-0.2, 0) is 13.2 Å². The largest absolute Gasteiger partial charge is 0.491 e. The van der Waals surface area contributed by atoms with Gasteiger partial charge in [0.15, 0.2) is 0 Å².